The molecule has 6 rings (SSSR count). The highest BCUT2D eigenvalue weighted by atomic mass is 16.5. The van der Waals surface area contributed by atoms with E-state index < -0.39 is 11.3 Å². The van der Waals surface area contributed by atoms with E-state index in [-0.39, 0.29) is 13.2 Å². The van der Waals surface area contributed by atoms with E-state index in [1.807, 2.05) is 66.7 Å². The molecular formula is C30H20O6. The van der Waals surface area contributed by atoms with E-state index in [2.05, 4.69) is 6.58 Å². The summed E-state index contributed by atoms with van der Waals surface area (Å²) in [5.41, 5.74) is 0.807. The monoisotopic (exact) mass is 476 g/mol. The van der Waals surface area contributed by atoms with Gasteiger partial charge in [0.05, 0.1) is 22.9 Å². The molecule has 6 aromatic rings. The highest BCUT2D eigenvalue weighted by Crippen LogP contribution is 2.33. The van der Waals surface area contributed by atoms with Crippen molar-refractivity contribution in [3.05, 3.63) is 118 Å². The van der Waals surface area contributed by atoms with Crippen LogP contribution in [0.4, 0.5) is 0 Å². The predicted molar refractivity (Wildman–Crippen MR) is 140 cm³/mol. The fourth-order valence-electron chi connectivity index (χ4n) is 4.46. The predicted octanol–water partition coefficient (Wildman–Crippen LogP) is 6.35. The molecule has 0 radical (unpaired) electrons. The minimum Gasteiger partial charge on any atom is -0.489 e. The van der Waals surface area contributed by atoms with Gasteiger partial charge >= 0.3 is 11.3 Å². The molecule has 0 saturated heterocycles. The maximum absolute atomic E-state index is 12.3. The van der Waals surface area contributed by atoms with Crippen molar-refractivity contribution in [1.82, 2.24) is 0 Å². The topological polar surface area (TPSA) is 78.9 Å². The molecule has 4 aromatic carbocycles. The van der Waals surface area contributed by atoms with Crippen LogP contribution < -0.4 is 20.7 Å². The molecule has 0 saturated carbocycles. The summed E-state index contributed by atoms with van der Waals surface area (Å²) in [5.74, 6) is 0.885. The van der Waals surface area contributed by atoms with Gasteiger partial charge in [0.15, 0.2) is 0 Å². The van der Waals surface area contributed by atoms with Gasteiger partial charge in [-0.3, -0.25) is 0 Å². The molecule has 2 heterocycles. The van der Waals surface area contributed by atoms with Crippen LogP contribution in [0.15, 0.2) is 110 Å². The normalized spacial score (nSPS) is 11.3. The Kier molecular flexibility index (Phi) is 5.26. The van der Waals surface area contributed by atoms with Gasteiger partial charge in [-0.1, -0.05) is 61.2 Å². The summed E-state index contributed by atoms with van der Waals surface area (Å²) in [6, 6.07) is 23.9. The molecule has 0 atom stereocenters. The third kappa shape index (κ3) is 3.79. The fraction of sp³-hybridized carbons (Fsp3) is 0.0667. The van der Waals surface area contributed by atoms with Crippen molar-refractivity contribution in [2.75, 3.05) is 6.61 Å². The number of hydrogen-bond donors (Lipinski definition) is 0. The first kappa shape index (κ1) is 21.7. The Balaban J connectivity index is 1.41. The van der Waals surface area contributed by atoms with Crippen molar-refractivity contribution < 1.29 is 18.3 Å². The van der Waals surface area contributed by atoms with Gasteiger partial charge < -0.3 is 18.3 Å². The molecule has 0 amide bonds. The molecule has 0 fully saturated rings. The molecule has 0 bridgehead atoms. The SMILES string of the molecule is C=CCOc1cc(=O)oc2c1ccc1ccc(COc3cc(=O)oc4c3ccc3ccccc34)cc12. The Morgan fingerprint density at radius 1 is 0.667 bits per heavy atom. The summed E-state index contributed by atoms with van der Waals surface area (Å²) in [4.78, 5) is 24.5. The number of fused-ring (bicyclic) bond motifs is 6. The third-order valence-corrected chi connectivity index (χ3v) is 6.10. The first-order valence-corrected chi connectivity index (χ1v) is 11.4. The van der Waals surface area contributed by atoms with Crippen LogP contribution in [0.3, 0.4) is 0 Å². The summed E-state index contributed by atoms with van der Waals surface area (Å²) < 4.78 is 22.9. The van der Waals surface area contributed by atoms with Crippen LogP contribution >= 0.6 is 0 Å². The van der Waals surface area contributed by atoms with Gasteiger partial charge in [0, 0.05) is 10.8 Å². The summed E-state index contributed by atoms with van der Waals surface area (Å²) in [6.45, 7) is 4.14. The number of ether oxygens (including phenoxy) is 2. The van der Waals surface area contributed by atoms with E-state index in [1.54, 1.807) is 6.08 Å². The Morgan fingerprint density at radius 2 is 1.28 bits per heavy atom. The standard InChI is InChI=1S/C30H20O6/c1-2-13-33-25-15-27(31)36-30-22(25)12-10-20-8-7-18(14-24(20)30)17-34-26-16-28(32)35-29-21-6-4-3-5-19(21)9-11-23(26)29/h2-12,14-16H,1,13,17H2. The molecule has 36 heavy (non-hydrogen) atoms. The van der Waals surface area contributed by atoms with E-state index in [0.29, 0.717) is 28.1 Å². The van der Waals surface area contributed by atoms with Gasteiger partial charge in [-0.05, 0) is 34.5 Å². The summed E-state index contributed by atoms with van der Waals surface area (Å²) in [7, 11) is 0. The van der Waals surface area contributed by atoms with Crippen molar-refractivity contribution in [2.24, 2.45) is 0 Å². The van der Waals surface area contributed by atoms with E-state index in [4.69, 9.17) is 18.3 Å². The molecule has 0 aliphatic rings. The van der Waals surface area contributed by atoms with Gasteiger partial charge in [0.2, 0.25) is 0 Å². The fourth-order valence-corrected chi connectivity index (χ4v) is 4.46. The Labute approximate surface area is 204 Å². The Hall–Kier alpha value is -4.84. The summed E-state index contributed by atoms with van der Waals surface area (Å²) >= 11 is 0. The molecule has 176 valence electrons. The second kappa shape index (κ2) is 8.74. The molecule has 0 aliphatic carbocycles. The molecule has 0 spiro atoms. The van der Waals surface area contributed by atoms with E-state index in [9.17, 15) is 9.59 Å². The largest absolute Gasteiger partial charge is 0.489 e. The van der Waals surface area contributed by atoms with Crippen molar-refractivity contribution >= 4 is 43.5 Å². The zero-order valence-corrected chi connectivity index (χ0v) is 19.2. The average molecular weight is 476 g/mol. The highest BCUT2D eigenvalue weighted by molar-refractivity contribution is 6.07. The molecule has 0 aliphatic heterocycles. The summed E-state index contributed by atoms with van der Waals surface area (Å²) in [6.07, 6.45) is 1.62. The minimum absolute atomic E-state index is 0.203. The number of benzene rings is 4. The van der Waals surface area contributed by atoms with Crippen LogP contribution in [0.25, 0.3) is 43.5 Å². The van der Waals surface area contributed by atoms with Crippen molar-refractivity contribution in [1.29, 1.82) is 0 Å². The lowest BCUT2D eigenvalue weighted by Crippen LogP contribution is -2.03. The van der Waals surface area contributed by atoms with Gasteiger partial charge in [-0.2, -0.15) is 0 Å². The van der Waals surface area contributed by atoms with Crippen molar-refractivity contribution in [3.63, 3.8) is 0 Å². The molecular weight excluding hydrogens is 456 g/mol. The van der Waals surface area contributed by atoms with E-state index in [1.165, 1.54) is 12.1 Å². The first-order valence-electron chi connectivity index (χ1n) is 11.4. The zero-order valence-electron chi connectivity index (χ0n) is 19.2. The van der Waals surface area contributed by atoms with Gasteiger partial charge in [0.1, 0.15) is 35.9 Å². The molecule has 2 aromatic heterocycles. The zero-order chi connectivity index (χ0) is 24.6. The highest BCUT2D eigenvalue weighted by Gasteiger charge is 2.13. The molecule has 0 N–H and O–H groups in total. The third-order valence-electron chi connectivity index (χ3n) is 6.10. The maximum Gasteiger partial charge on any atom is 0.339 e. The minimum atomic E-state index is -0.495. The van der Waals surface area contributed by atoms with Crippen LogP contribution in [0.1, 0.15) is 5.56 Å². The lowest BCUT2D eigenvalue weighted by Gasteiger charge is -2.12. The van der Waals surface area contributed by atoms with Gasteiger partial charge in [0.25, 0.3) is 0 Å². The molecule has 6 heteroatoms. The Bertz CT molecular complexity index is 1910. The lowest BCUT2D eigenvalue weighted by molar-refractivity contribution is 0.307. The van der Waals surface area contributed by atoms with E-state index in [0.717, 1.165) is 32.5 Å². The second-order valence-corrected chi connectivity index (χ2v) is 8.41. The van der Waals surface area contributed by atoms with Crippen LogP contribution in [-0.4, -0.2) is 6.61 Å². The molecule has 6 nitrogen and oxygen atoms in total. The van der Waals surface area contributed by atoms with Crippen molar-refractivity contribution in [3.8, 4) is 11.5 Å². The van der Waals surface area contributed by atoms with Gasteiger partial charge in [-0.15, -0.1) is 0 Å². The molecule has 0 unspecified atom stereocenters. The maximum atomic E-state index is 12.3. The summed E-state index contributed by atoms with van der Waals surface area (Å²) in [5, 5.41) is 4.91. The second-order valence-electron chi connectivity index (χ2n) is 8.41. The van der Waals surface area contributed by atoms with Crippen LogP contribution in [0.5, 0.6) is 11.5 Å². The van der Waals surface area contributed by atoms with Crippen LogP contribution in [-0.2, 0) is 6.61 Å². The van der Waals surface area contributed by atoms with Crippen LogP contribution in [0.2, 0.25) is 0 Å². The Morgan fingerprint density at radius 3 is 2.00 bits per heavy atom. The number of rotatable bonds is 6. The quantitative estimate of drug-likeness (QED) is 0.158. The first-order chi connectivity index (χ1) is 17.6. The van der Waals surface area contributed by atoms with Crippen LogP contribution in [0, 0.1) is 0 Å². The van der Waals surface area contributed by atoms with Gasteiger partial charge in [-0.25, -0.2) is 9.59 Å². The number of hydrogen-bond acceptors (Lipinski definition) is 6. The average Bonchev–Trinajstić information content (AvgIpc) is 2.90. The lowest BCUT2D eigenvalue weighted by atomic mass is 10.0. The van der Waals surface area contributed by atoms with E-state index >= 15 is 0 Å². The smallest absolute Gasteiger partial charge is 0.339 e. The van der Waals surface area contributed by atoms with Crippen molar-refractivity contribution in [2.45, 2.75) is 6.61 Å².